The molecule has 0 bridgehead atoms. The Bertz CT molecular complexity index is 421. The zero-order chi connectivity index (χ0) is 10.3. The van der Waals surface area contributed by atoms with E-state index < -0.39 is 0 Å². The van der Waals surface area contributed by atoms with E-state index in [4.69, 9.17) is 0 Å². The average Bonchev–Trinajstić information content (AvgIpc) is 2.99. The Balaban J connectivity index is 1.98. The molecule has 1 aromatic rings. The maximum Gasteiger partial charge on any atom is 0.141 e. The molecule has 2 aliphatic carbocycles. The van der Waals surface area contributed by atoms with Gasteiger partial charge in [0.25, 0.3) is 0 Å². The molecule has 1 fully saturated rings. The highest BCUT2D eigenvalue weighted by Gasteiger charge is 2.26. The molecular formula is C12H15N3. The van der Waals surface area contributed by atoms with Gasteiger partial charge in [-0.3, -0.25) is 4.68 Å². The highest BCUT2D eigenvalue weighted by Crippen LogP contribution is 2.32. The van der Waals surface area contributed by atoms with Crippen LogP contribution < -0.4 is 0 Å². The van der Waals surface area contributed by atoms with Gasteiger partial charge >= 0.3 is 0 Å². The molecule has 0 saturated heterocycles. The Morgan fingerprint density at radius 3 is 2.87 bits per heavy atom. The SMILES string of the molecule is N#Cc1c2c(nn1CC1CC1)CCCC2. The van der Waals surface area contributed by atoms with Crippen molar-refractivity contribution in [3.63, 3.8) is 0 Å². The number of nitrogens with zero attached hydrogens (tertiary/aromatic N) is 3. The molecule has 3 heteroatoms. The van der Waals surface area contributed by atoms with E-state index in [1.807, 2.05) is 4.68 Å². The Morgan fingerprint density at radius 1 is 1.33 bits per heavy atom. The smallest absolute Gasteiger partial charge is 0.141 e. The molecule has 3 nitrogen and oxygen atoms in total. The lowest BCUT2D eigenvalue weighted by Crippen LogP contribution is -2.05. The Morgan fingerprint density at radius 2 is 2.13 bits per heavy atom. The van der Waals surface area contributed by atoms with Crippen LogP contribution in [0.4, 0.5) is 0 Å². The van der Waals surface area contributed by atoms with Gasteiger partial charge in [0.05, 0.1) is 5.69 Å². The molecule has 3 rings (SSSR count). The van der Waals surface area contributed by atoms with Crippen LogP contribution in [0.2, 0.25) is 0 Å². The largest absolute Gasteiger partial charge is 0.254 e. The second-order valence-corrected chi connectivity index (χ2v) is 4.72. The molecule has 0 radical (unpaired) electrons. The summed E-state index contributed by atoms with van der Waals surface area (Å²) in [5, 5.41) is 13.8. The predicted octanol–water partition coefficient (Wildman–Crippen LogP) is 2.04. The van der Waals surface area contributed by atoms with Gasteiger partial charge < -0.3 is 0 Å². The number of nitriles is 1. The first-order valence-corrected chi connectivity index (χ1v) is 5.87. The monoisotopic (exact) mass is 201 g/mol. The van der Waals surface area contributed by atoms with Crippen LogP contribution in [-0.2, 0) is 19.4 Å². The zero-order valence-electron chi connectivity index (χ0n) is 8.87. The summed E-state index contributed by atoms with van der Waals surface area (Å²) in [6.45, 7) is 0.968. The van der Waals surface area contributed by atoms with Gasteiger partial charge in [0, 0.05) is 12.1 Å². The molecule has 0 spiro atoms. The highest BCUT2D eigenvalue weighted by atomic mass is 15.3. The molecule has 0 aliphatic heterocycles. The van der Waals surface area contributed by atoms with Gasteiger partial charge in [-0.05, 0) is 44.4 Å². The molecule has 0 aromatic carbocycles. The van der Waals surface area contributed by atoms with Gasteiger partial charge in [0.15, 0.2) is 0 Å². The van der Waals surface area contributed by atoms with Gasteiger partial charge in [-0.2, -0.15) is 10.4 Å². The second-order valence-electron chi connectivity index (χ2n) is 4.72. The molecule has 0 N–H and O–H groups in total. The Labute approximate surface area is 89.7 Å². The third-order valence-corrected chi connectivity index (χ3v) is 3.46. The van der Waals surface area contributed by atoms with Crippen molar-refractivity contribution >= 4 is 0 Å². The summed E-state index contributed by atoms with van der Waals surface area (Å²) >= 11 is 0. The normalized spacial score (nSPS) is 19.7. The first-order valence-electron chi connectivity index (χ1n) is 5.87. The van der Waals surface area contributed by atoms with Crippen LogP contribution in [0.1, 0.15) is 42.6 Å². The van der Waals surface area contributed by atoms with Crippen LogP contribution in [0.5, 0.6) is 0 Å². The van der Waals surface area contributed by atoms with E-state index >= 15 is 0 Å². The molecule has 0 unspecified atom stereocenters. The fourth-order valence-corrected chi connectivity index (χ4v) is 2.41. The summed E-state index contributed by atoms with van der Waals surface area (Å²) in [5.74, 6) is 0.790. The Kier molecular flexibility index (Phi) is 2.02. The van der Waals surface area contributed by atoms with Crippen LogP contribution in [0.3, 0.4) is 0 Å². The third-order valence-electron chi connectivity index (χ3n) is 3.46. The fraction of sp³-hybridized carbons (Fsp3) is 0.667. The minimum absolute atomic E-state index is 0.790. The highest BCUT2D eigenvalue weighted by molar-refractivity contribution is 5.37. The summed E-state index contributed by atoms with van der Waals surface area (Å²) in [6.07, 6.45) is 7.21. The van der Waals surface area contributed by atoms with Gasteiger partial charge in [0.2, 0.25) is 0 Å². The molecular weight excluding hydrogens is 186 g/mol. The lowest BCUT2D eigenvalue weighted by atomic mass is 9.96. The first kappa shape index (κ1) is 8.96. The minimum atomic E-state index is 0.790. The molecule has 0 atom stereocenters. The van der Waals surface area contributed by atoms with Gasteiger partial charge in [-0.25, -0.2) is 0 Å². The minimum Gasteiger partial charge on any atom is -0.254 e. The molecule has 15 heavy (non-hydrogen) atoms. The lowest BCUT2D eigenvalue weighted by molar-refractivity contribution is 0.550. The third kappa shape index (κ3) is 1.54. The van der Waals surface area contributed by atoms with E-state index in [2.05, 4.69) is 11.2 Å². The van der Waals surface area contributed by atoms with Crippen molar-refractivity contribution in [2.24, 2.45) is 5.92 Å². The second kappa shape index (κ2) is 3.37. The standard InChI is InChI=1S/C12H15N3/c13-7-12-10-3-1-2-4-11(10)14-15(12)8-9-5-6-9/h9H,1-6,8H2. The van der Waals surface area contributed by atoms with Crippen molar-refractivity contribution in [2.75, 3.05) is 0 Å². The van der Waals surface area contributed by atoms with Crippen molar-refractivity contribution in [2.45, 2.75) is 45.1 Å². The number of rotatable bonds is 2. The van der Waals surface area contributed by atoms with Crippen LogP contribution in [-0.4, -0.2) is 9.78 Å². The quantitative estimate of drug-likeness (QED) is 0.734. The Hall–Kier alpha value is -1.30. The van der Waals surface area contributed by atoms with E-state index in [-0.39, 0.29) is 0 Å². The van der Waals surface area contributed by atoms with E-state index in [0.29, 0.717) is 0 Å². The molecule has 78 valence electrons. The van der Waals surface area contributed by atoms with Crippen LogP contribution in [0, 0.1) is 17.2 Å². The van der Waals surface area contributed by atoms with E-state index in [1.165, 1.54) is 36.9 Å². The van der Waals surface area contributed by atoms with Crippen LogP contribution >= 0.6 is 0 Å². The molecule has 1 heterocycles. The number of aromatic nitrogens is 2. The molecule has 1 saturated carbocycles. The first-order chi connectivity index (χ1) is 7.38. The molecule has 1 aromatic heterocycles. The van der Waals surface area contributed by atoms with Crippen molar-refractivity contribution in [3.05, 3.63) is 17.0 Å². The van der Waals surface area contributed by atoms with Crippen molar-refractivity contribution in [1.29, 1.82) is 5.26 Å². The van der Waals surface area contributed by atoms with E-state index in [9.17, 15) is 5.26 Å². The van der Waals surface area contributed by atoms with Crippen LogP contribution in [0.15, 0.2) is 0 Å². The molecule has 0 amide bonds. The van der Waals surface area contributed by atoms with Crippen LogP contribution in [0.25, 0.3) is 0 Å². The number of fused-ring (bicyclic) bond motifs is 1. The summed E-state index contributed by atoms with van der Waals surface area (Å²) < 4.78 is 1.97. The lowest BCUT2D eigenvalue weighted by Gasteiger charge is -2.07. The topological polar surface area (TPSA) is 41.6 Å². The number of aryl methyl sites for hydroxylation is 1. The summed E-state index contributed by atoms with van der Waals surface area (Å²) in [5.41, 5.74) is 3.28. The molecule has 2 aliphatic rings. The fourth-order valence-electron chi connectivity index (χ4n) is 2.41. The van der Waals surface area contributed by atoms with E-state index in [0.717, 1.165) is 31.0 Å². The zero-order valence-corrected chi connectivity index (χ0v) is 8.87. The van der Waals surface area contributed by atoms with Gasteiger partial charge in [-0.15, -0.1) is 0 Å². The van der Waals surface area contributed by atoms with E-state index in [1.54, 1.807) is 0 Å². The predicted molar refractivity (Wildman–Crippen MR) is 56.3 cm³/mol. The van der Waals surface area contributed by atoms with Gasteiger partial charge in [-0.1, -0.05) is 0 Å². The number of hydrogen-bond acceptors (Lipinski definition) is 2. The summed E-state index contributed by atoms with van der Waals surface area (Å²) in [6, 6.07) is 2.34. The van der Waals surface area contributed by atoms with Crippen molar-refractivity contribution < 1.29 is 0 Å². The summed E-state index contributed by atoms with van der Waals surface area (Å²) in [7, 11) is 0. The average molecular weight is 201 g/mol. The maximum atomic E-state index is 9.19. The number of hydrogen-bond donors (Lipinski definition) is 0. The van der Waals surface area contributed by atoms with Crippen molar-refractivity contribution in [1.82, 2.24) is 9.78 Å². The van der Waals surface area contributed by atoms with Crippen molar-refractivity contribution in [3.8, 4) is 6.07 Å². The summed E-state index contributed by atoms with van der Waals surface area (Å²) in [4.78, 5) is 0. The maximum absolute atomic E-state index is 9.19. The van der Waals surface area contributed by atoms with Gasteiger partial charge in [0.1, 0.15) is 11.8 Å².